The van der Waals surface area contributed by atoms with Crippen molar-refractivity contribution in [3.05, 3.63) is 79.3 Å². The highest BCUT2D eigenvalue weighted by Gasteiger charge is 2.42. The van der Waals surface area contributed by atoms with Crippen LogP contribution in [0.25, 0.3) is 0 Å². The second-order valence-electron chi connectivity index (χ2n) is 8.32. The lowest BCUT2D eigenvalue weighted by Crippen LogP contribution is -2.36. The molecule has 2 unspecified atom stereocenters. The highest BCUT2D eigenvalue weighted by Crippen LogP contribution is 2.47. The summed E-state index contributed by atoms with van der Waals surface area (Å²) in [6.07, 6.45) is 1.05. The normalized spacial score (nSPS) is 20.5. The van der Waals surface area contributed by atoms with E-state index in [4.69, 9.17) is 16.3 Å². The number of allylic oxidation sites excluding steroid dienone is 3. The summed E-state index contributed by atoms with van der Waals surface area (Å²) in [4.78, 5) is 28.9. The van der Waals surface area contributed by atoms with E-state index in [0.717, 1.165) is 38.2 Å². The maximum Gasteiger partial charge on any atom is 0.336 e. The Bertz CT molecular complexity index is 1130. The Labute approximate surface area is 208 Å². The lowest BCUT2D eigenvalue weighted by molar-refractivity contribution is -0.138. The van der Waals surface area contributed by atoms with Gasteiger partial charge < -0.3 is 10.1 Å². The Morgan fingerprint density at radius 2 is 2.00 bits per heavy atom. The standard InChI is InChI=1S/C26H28ClNO3S2/c1-4-32-12-11-31-26(30)23-16(3)28-20-13-17(18-7-5-6-8-19(18)27)14-21(29)24(20)25(23)22-10-9-15(2)33-22/h5-10,17,25,28H,4,11-14H2,1-3H3. The molecule has 0 fully saturated rings. The Balaban J connectivity index is 1.70. The largest absolute Gasteiger partial charge is 0.461 e. The Hall–Kier alpha value is -2.02. The fraction of sp³-hybridized carbons (Fsp3) is 0.385. The van der Waals surface area contributed by atoms with Crippen LogP contribution in [0.15, 0.2) is 58.9 Å². The zero-order chi connectivity index (χ0) is 23.5. The zero-order valence-corrected chi connectivity index (χ0v) is 21.5. The molecule has 4 nitrogen and oxygen atoms in total. The first-order valence-corrected chi connectivity index (χ1v) is 13.5. The van der Waals surface area contributed by atoms with Crippen molar-refractivity contribution in [2.75, 3.05) is 18.1 Å². The smallest absolute Gasteiger partial charge is 0.336 e. The summed E-state index contributed by atoms with van der Waals surface area (Å²) in [5, 5.41) is 4.08. The SMILES string of the molecule is CCSCCOC(=O)C1=C(C)NC2=C(C(=O)CC(c3ccccc3Cl)C2)C1c1ccc(C)s1. The topological polar surface area (TPSA) is 55.4 Å². The molecule has 0 saturated heterocycles. The van der Waals surface area contributed by atoms with Crippen molar-refractivity contribution in [1.29, 1.82) is 0 Å². The minimum atomic E-state index is -0.397. The molecular formula is C26H28ClNO3S2. The number of dihydropyridines is 1. The molecule has 1 aromatic heterocycles. The van der Waals surface area contributed by atoms with Gasteiger partial charge in [0, 0.05) is 43.9 Å². The molecule has 1 N–H and O–H groups in total. The van der Waals surface area contributed by atoms with E-state index < -0.39 is 5.92 Å². The number of aryl methyl sites for hydroxylation is 1. The van der Waals surface area contributed by atoms with Gasteiger partial charge in [-0.05, 0) is 55.7 Å². The van der Waals surface area contributed by atoms with Gasteiger partial charge >= 0.3 is 5.97 Å². The molecule has 0 bridgehead atoms. The van der Waals surface area contributed by atoms with Crippen molar-refractivity contribution < 1.29 is 14.3 Å². The number of Topliss-reactive ketones (excluding diaryl/α,β-unsaturated/α-hetero) is 1. The van der Waals surface area contributed by atoms with Crippen molar-refractivity contribution in [2.45, 2.75) is 45.4 Å². The monoisotopic (exact) mass is 501 g/mol. The third kappa shape index (κ3) is 5.08. The third-order valence-corrected chi connectivity index (χ3v) is 8.38. The predicted octanol–water partition coefficient (Wildman–Crippen LogP) is 6.37. The minimum absolute atomic E-state index is 0.00976. The molecule has 1 aliphatic carbocycles. The number of carbonyl (C=O) groups is 2. The van der Waals surface area contributed by atoms with Gasteiger partial charge in [0.05, 0.1) is 11.5 Å². The number of benzene rings is 1. The fourth-order valence-corrected chi connectivity index (χ4v) is 6.42. The van der Waals surface area contributed by atoms with Gasteiger partial charge in [0.1, 0.15) is 6.61 Å². The van der Waals surface area contributed by atoms with E-state index in [2.05, 4.69) is 12.2 Å². The van der Waals surface area contributed by atoms with Crippen molar-refractivity contribution >= 4 is 46.5 Å². The molecule has 4 rings (SSSR count). The summed E-state index contributed by atoms with van der Waals surface area (Å²) in [6, 6.07) is 11.8. The Morgan fingerprint density at radius 1 is 1.21 bits per heavy atom. The van der Waals surface area contributed by atoms with Crippen molar-refractivity contribution in [2.24, 2.45) is 0 Å². The number of thioether (sulfide) groups is 1. The molecular weight excluding hydrogens is 474 g/mol. The summed E-state index contributed by atoms with van der Waals surface area (Å²) in [7, 11) is 0. The molecule has 0 saturated carbocycles. The van der Waals surface area contributed by atoms with Gasteiger partial charge in [-0.1, -0.05) is 36.7 Å². The van der Waals surface area contributed by atoms with Crippen LogP contribution >= 0.6 is 34.7 Å². The van der Waals surface area contributed by atoms with Gasteiger partial charge in [-0.2, -0.15) is 11.8 Å². The van der Waals surface area contributed by atoms with Crippen LogP contribution in [0.5, 0.6) is 0 Å². The van der Waals surface area contributed by atoms with Gasteiger partial charge in [-0.15, -0.1) is 11.3 Å². The van der Waals surface area contributed by atoms with E-state index in [1.165, 1.54) is 0 Å². The minimum Gasteiger partial charge on any atom is -0.461 e. The molecule has 7 heteroatoms. The van der Waals surface area contributed by atoms with Gasteiger partial charge in [-0.25, -0.2) is 4.79 Å². The average molecular weight is 502 g/mol. The lowest BCUT2D eigenvalue weighted by atomic mass is 9.73. The molecule has 0 amide bonds. The molecule has 1 aromatic carbocycles. The van der Waals surface area contributed by atoms with Gasteiger partial charge in [0.25, 0.3) is 0 Å². The number of esters is 1. The van der Waals surface area contributed by atoms with E-state index in [1.807, 2.05) is 50.2 Å². The highest BCUT2D eigenvalue weighted by molar-refractivity contribution is 7.99. The number of hydrogen-bond acceptors (Lipinski definition) is 6. The zero-order valence-electron chi connectivity index (χ0n) is 19.1. The molecule has 0 spiro atoms. The van der Waals surface area contributed by atoms with Crippen LogP contribution in [0.2, 0.25) is 5.02 Å². The van der Waals surface area contributed by atoms with E-state index >= 15 is 0 Å². The number of rotatable bonds is 7. The van der Waals surface area contributed by atoms with Crippen LogP contribution < -0.4 is 5.32 Å². The highest BCUT2D eigenvalue weighted by atomic mass is 35.5. The van der Waals surface area contributed by atoms with Crippen LogP contribution in [-0.2, 0) is 14.3 Å². The maximum atomic E-state index is 13.6. The molecule has 2 aliphatic rings. The second kappa shape index (κ2) is 10.5. The third-order valence-electron chi connectivity index (χ3n) is 6.10. The van der Waals surface area contributed by atoms with Crippen molar-refractivity contribution in [3.8, 4) is 0 Å². The number of halogens is 1. The summed E-state index contributed by atoms with van der Waals surface area (Å²) in [5.41, 5.74) is 3.88. The quantitative estimate of drug-likeness (QED) is 0.353. The molecule has 33 heavy (non-hydrogen) atoms. The molecule has 2 heterocycles. The van der Waals surface area contributed by atoms with Crippen LogP contribution in [0.3, 0.4) is 0 Å². The number of ether oxygens (including phenoxy) is 1. The first-order chi connectivity index (χ1) is 15.9. The van der Waals surface area contributed by atoms with Crippen LogP contribution in [0.1, 0.15) is 53.8 Å². The lowest BCUT2D eigenvalue weighted by Gasteiger charge is -2.36. The van der Waals surface area contributed by atoms with Crippen LogP contribution in [-0.4, -0.2) is 29.9 Å². The predicted molar refractivity (Wildman–Crippen MR) is 137 cm³/mol. The molecule has 2 aromatic rings. The van der Waals surface area contributed by atoms with Crippen LogP contribution in [0, 0.1) is 6.92 Å². The first kappa shape index (κ1) is 24.1. The van der Waals surface area contributed by atoms with Crippen molar-refractivity contribution in [3.63, 3.8) is 0 Å². The van der Waals surface area contributed by atoms with Gasteiger partial charge in [-0.3, -0.25) is 4.79 Å². The summed E-state index contributed by atoms with van der Waals surface area (Å²) < 4.78 is 5.63. The van der Waals surface area contributed by atoms with Gasteiger partial charge in [0.2, 0.25) is 0 Å². The number of hydrogen-bond donors (Lipinski definition) is 1. The molecule has 1 aliphatic heterocycles. The Morgan fingerprint density at radius 3 is 2.70 bits per heavy atom. The average Bonchev–Trinajstić information content (AvgIpc) is 3.21. The van der Waals surface area contributed by atoms with E-state index in [-0.39, 0.29) is 17.7 Å². The van der Waals surface area contributed by atoms with E-state index in [9.17, 15) is 9.59 Å². The van der Waals surface area contributed by atoms with Gasteiger partial charge in [0.15, 0.2) is 5.78 Å². The summed E-state index contributed by atoms with van der Waals surface area (Å²) in [5.74, 6) is 1.07. The summed E-state index contributed by atoms with van der Waals surface area (Å²) in [6.45, 7) is 6.38. The Kier molecular flexibility index (Phi) is 7.67. The van der Waals surface area contributed by atoms with E-state index in [1.54, 1.807) is 23.1 Å². The first-order valence-electron chi connectivity index (χ1n) is 11.2. The molecule has 2 atom stereocenters. The second-order valence-corrected chi connectivity index (χ2v) is 11.4. The number of ketones is 1. The number of carbonyl (C=O) groups excluding carboxylic acids is 2. The van der Waals surface area contributed by atoms with Crippen LogP contribution in [0.4, 0.5) is 0 Å². The van der Waals surface area contributed by atoms with E-state index in [0.29, 0.717) is 35.6 Å². The molecule has 0 radical (unpaired) electrons. The number of nitrogens with one attached hydrogen (secondary N) is 1. The molecule has 174 valence electrons. The summed E-state index contributed by atoms with van der Waals surface area (Å²) >= 11 is 9.81. The number of thiophene rings is 1. The fourth-order valence-electron chi connectivity index (χ4n) is 4.64. The maximum absolute atomic E-state index is 13.6. The van der Waals surface area contributed by atoms with Crippen molar-refractivity contribution in [1.82, 2.24) is 5.32 Å².